The Kier molecular flexibility index (Phi) is 9.01. The van der Waals surface area contributed by atoms with Crippen molar-refractivity contribution >= 4 is 30.4 Å². The minimum Gasteiger partial charge on any atom is -0.507 e. The highest BCUT2D eigenvalue weighted by Crippen LogP contribution is 2.43. The standard InChI is InChI=1S/C26H28O8/c1-15(2)33-23(28)8-6-17-10-19(14-27)25(30)20(11-17)21-12-18(13-22(32-5)26(21)31)7-9-24(29)34-16(3)4/h6-16,30-31H,1-5H3/b8-6+,9-7+. The second-order valence-corrected chi connectivity index (χ2v) is 7.88. The summed E-state index contributed by atoms with van der Waals surface area (Å²) in [5.41, 5.74) is 1.11. The molecule has 0 bridgehead atoms. The number of carbonyl (C=O) groups excluding carboxylic acids is 3. The van der Waals surface area contributed by atoms with Gasteiger partial charge in [0.05, 0.1) is 24.9 Å². The maximum atomic E-state index is 11.9. The fourth-order valence-electron chi connectivity index (χ4n) is 3.03. The topological polar surface area (TPSA) is 119 Å². The van der Waals surface area contributed by atoms with Crippen molar-refractivity contribution in [2.75, 3.05) is 7.11 Å². The van der Waals surface area contributed by atoms with Crippen LogP contribution in [0.5, 0.6) is 17.2 Å². The molecule has 0 fully saturated rings. The van der Waals surface area contributed by atoms with E-state index in [0.717, 1.165) is 0 Å². The lowest BCUT2D eigenvalue weighted by Gasteiger charge is -2.14. The Balaban J connectivity index is 2.59. The van der Waals surface area contributed by atoms with Crippen molar-refractivity contribution in [2.45, 2.75) is 39.9 Å². The van der Waals surface area contributed by atoms with Crippen molar-refractivity contribution in [3.63, 3.8) is 0 Å². The highest BCUT2D eigenvalue weighted by Gasteiger charge is 2.18. The zero-order valence-electron chi connectivity index (χ0n) is 19.7. The summed E-state index contributed by atoms with van der Waals surface area (Å²) in [4.78, 5) is 35.3. The van der Waals surface area contributed by atoms with Gasteiger partial charge in [0, 0.05) is 23.3 Å². The minimum atomic E-state index is -0.567. The van der Waals surface area contributed by atoms with Gasteiger partial charge in [-0.15, -0.1) is 0 Å². The maximum Gasteiger partial charge on any atom is 0.331 e. The first-order valence-corrected chi connectivity index (χ1v) is 10.6. The Morgan fingerprint density at radius 3 is 1.71 bits per heavy atom. The Morgan fingerprint density at radius 2 is 1.26 bits per heavy atom. The van der Waals surface area contributed by atoms with Crippen LogP contribution in [0.3, 0.4) is 0 Å². The van der Waals surface area contributed by atoms with Crippen LogP contribution in [0.15, 0.2) is 36.4 Å². The summed E-state index contributed by atoms with van der Waals surface area (Å²) in [7, 11) is 1.36. The van der Waals surface area contributed by atoms with Crippen molar-refractivity contribution in [1.29, 1.82) is 0 Å². The Labute approximate surface area is 198 Å². The second-order valence-electron chi connectivity index (χ2n) is 7.88. The molecule has 0 radical (unpaired) electrons. The van der Waals surface area contributed by atoms with Gasteiger partial charge >= 0.3 is 11.9 Å². The highest BCUT2D eigenvalue weighted by atomic mass is 16.5. The number of phenols is 2. The van der Waals surface area contributed by atoms with Gasteiger partial charge in [-0.3, -0.25) is 4.79 Å². The average molecular weight is 469 g/mol. The van der Waals surface area contributed by atoms with Gasteiger partial charge in [-0.05, 0) is 75.2 Å². The van der Waals surface area contributed by atoms with E-state index in [9.17, 15) is 24.6 Å². The molecule has 0 aromatic heterocycles. The molecule has 8 nitrogen and oxygen atoms in total. The summed E-state index contributed by atoms with van der Waals surface area (Å²) < 4.78 is 15.4. The van der Waals surface area contributed by atoms with E-state index in [1.54, 1.807) is 27.7 Å². The molecule has 0 spiro atoms. The third-order valence-electron chi connectivity index (χ3n) is 4.42. The van der Waals surface area contributed by atoms with Crippen LogP contribution in [-0.2, 0) is 19.1 Å². The van der Waals surface area contributed by atoms with Gasteiger partial charge in [0.25, 0.3) is 0 Å². The lowest BCUT2D eigenvalue weighted by atomic mass is 9.95. The molecule has 8 heteroatoms. The second kappa shape index (κ2) is 11.7. The molecule has 2 aromatic rings. The van der Waals surface area contributed by atoms with Crippen LogP contribution >= 0.6 is 0 Å². The number of phenolic OH excluding ortho intramolecular Hbond substituents is 2. The molecule has 0 amide bonds. The van der Waals surface area contributed by atoms with Gasteiger partial charge < -0.3 is 24.4 Å². The molecule has 2 N–H and O–H groups in total. The third kappa shape index (κ3) is 6.96. The Hall–Kier alpha value is -4.07. The predicted molar refractivity (Wildman–Crippen MR) is 128 cm³/mol. The van der Waals surface area contributed by atoms with E-state index >= 15 is 0 Å². The van der Waals surface area contributed by atoms with Gasteiger partial charge in [0.2, 0.25) is 0 Å². The zero-order chi connectivity index (χ0) is 25.4. The van der Waals surface area contributed by atoms with Gasteiger partial charge in [0.15, 0.2) is 17.8 Å². The molecule has 2 aromatic carbocycles. The molecule has 180 valence electrons. The first-order chi connectivity index (χ1) is 16.0. The molecule has 34 heavy (non-hydrogen) atoms. The first-order valence-electron chi connectivity index (χ1n) is 10.6. The summed E-state index contributed by atoms with van der Waals surface area (Å²) in [6.07, 6.45) is 5.21. The van der Waals surface area contributed by atoms with Crippen LogP contribution in [-0.4, -0.2) is 47.8 Å². The van der Waals surface area contributed by atoms with Gasteiger partial charge in [-0.25, -0.2) is 9.59 Å². The molecule has 0 unspecified atom stereocenters. The van der Waals surface area contributed by atoms with Crippen molar-refractivity contribution in [2.24, 2.45) is 0 Å². The molecular weight excluding hydrogens is 440 g/mol. The molecule has 0 saturated carbocycles. The monoisotopic (exact) mass is 468 g/mol. The summed E-state index contributed by atoms with van der Waals surface area (Å²) in [5.74, 6) is -1.67. The molecule has 0 atom stereocenters. The Bertz CT molecular complexity index is 1130. The number of hydrogen-bond donors (Lipinski definition) is 2. The first kappa shape index (κ1) is 26.2. The van der Waals surface area contributed by atoms with Crippen LogP contribution in [0.4, 0.5) is 0 Å². The molecule has 0 aliphatic carbocycles. The van der Waals surface area contributed by atoms with Crippen molar-refractivity contribution in [1.82, 2.24) is 0 Å². The number of carbonyl (C=O) groups is 3. The average Bonchev–Trinajstić information content (AvgIpc) is 2.76. The largest absolute Gasteiger partial charge is 0.507 e. The lowest BCUT2D eigenvalue weighted by Crippen LogP contribution is -2.08. The van der Waals surface area contributed by atoms with Gasteiger partial charge in [-0.1, -0.05) is 0 Å². The molecule has 0 heterocycles. The van der Waals surface area contributed by atoms with Crippen LogP contribution < -0.4 is 4.74 Å². The van der Waals surface area contributed by atoms with Crippen LogP contribution in [0.25, 0.3) is 23.3 Å². The fraction of sp³-hybridized carbons (Fsp3) is 0.269. The number of aromatic hydroxyl groups is 2. The quantitative estimate of drug-likeness (QED) is 0.313. The van der Waals surface area contributed by atoms with Crippen LogP contribution in [0.1, 0.15) is 49.2 Å². The van der Waals surface area contributed by atoms with E-state index in [4.69, 9.17) is 14.2 Å². The van der Waals surface area contributed by atoms with E-state index in [1.165, 1.54) is 55.7 Å². The molecular formula is C26H28O8. The SMILES string of the molecule is COc1cc(/C=C/C(=O)OC(C)C)cc(-c2cc(/C=C/C(=O)OC(C)C)cc(C=O)c2O)c1O. The molecule has 0 saturated heterocycles. The summed E-state index contributed by atoms with van der Waals surface area (Å²) in [5, 5.41) is 21.4. The third-order valence-corrected chi connectivity index (χ3v) is 4.42. The van der Waals surface area contributed by atoms with E-state index in [0.29, 0.717) is 17.4 Å². The summed E-state index contributed by atoms with van der Waals surface area (Å²) >= 11 is 0. The molecule has 0 aliphatic rings. The van der Waals surface area contributed by atoms with E-state index < -0.39 is 11.9 Å². The van der Waals surface area contributed by atoms with Crippen molar-refractivity contribution in [3.05, 3.63) is 53.1 Å². The summed E-state index contributed by atoms with van der Waals surface area (Å²) in [6, 6.07) is 5.91. The Morgan fingerprint density at radius 1 is 0.794 bits per heavy atom. The van der Waals surface area contributed by atoms with E-state index in [1.807, 2.05) is 0 Å². The smallest absolute Gasteiger partial charge is 0.331 e. The van der Waals surface area contributed by atoms with E-state index in [-0.39, 0.29) is 46.1 Å². The maximum absolute atomic E-state index is 11.9. The predicted octanol–water partition coefficient (Wildman–Crippen LogP) is 4.52. The number of methoxy groups -OCH3 is 1. The molecule has 0 aliphatic heterocycles. The number of esters is 2. The minimum absolute atomic E-state index is 0.0470. The zero-order valence-corrected chi connectivity index (χ0v) is 19.7. The van der Waals surface area contributed by atoms with Crippen molar-refractivity contribution in [3.8, 4) is 28.4 Å². The van der Waals surface area contributed by atoms with Crippen LogP contribution in [0, 0.1) is 0 Å². The van der Waals surface area contributed by atoms with Gasteiger partial charge in [-0.2, -0.15) is 0 Å². The van der Waals surface area contributed by atoms with Crippen LogP contribution in [0.2, 0.25) is 0 Å². The van der Waals surface area contributed by atoms with Crippen molar-refractivity contribution < 1.29 is 38.8 Å². The lowest BCUT2D eigenvalue weighted by molar-refractivity contribution is -0.142. The normalized spacial score (nSPS) is 11.4. The van der Waals surface area contributed by atoms with Gasteiger partial charge in [0.1, 0.15) is 5.75 Å². The highest BCUT2D eigenvalue weighted by molar-refractivity contribution is 5.93. The number of benzene rings is 2. The summed E-state index contributed by atoms with van der Waals surface area (Å²) in [6.45, 7) is 6.89. The molecule has 2 rings (SSSR count). The number of rotatable bonds is 9. The number of ether oxygens (including phenoxy) is 3. The van der Waals surface area contributed by atoms with E-state index in [2.05, 4.69) is 0 Å². The number of hydrogen-bond acceptors (Lipinski definition) is 8. The number of aldehydes is 1. The fourth-order valence-corrected chi connectivity index (χ4v) is 3.03.